The summed E-state index contributed by atoms with van der Waals surface area (Å²) in [5.41, 5.74) is 2.57. The van der Waals surface area contributed by atoms with E-state index in [4.69, 9.17) is 0 Å². The monoisotopic (exact) mass is 291 g/mol. The van der Waals surface area contributed by atoms with Crippen LogP contribution >= 0.6 is 0 Å². The molecule has 0 bridgehead atoms. The molecular formula is C18H17N3O. The molecule has 2 heterocycles. The number of carbonyl (C=O) groups is 1. The largest absolute Gasteiger partial charge is 0.324 e. The number of carbonyl (C=O) groups excluding carboxylic acids is 1. The number of benzene rings is 1. The van der Waals surface area contributed by atoms with Crippen molar-refractivity contribution in [1.29, 1.82) is 0 Å². The van der Waals surface area contributed by atoms with Crippen molar-refractivity contribution < 1.29 is 4.79 Å². The summed E-state index contributed by atoms with van der Waals surface area (Å²) in [6, 6.07) is 11.5. The molecule has 0 aliphatic rings. The highest BCUT2D eigenvalue weighted by Gasteiger charge is 2.04. The number of allylic oxidation sites excluding steroid dienone is 1. The Balaban J connectivity index is 1.79. The fourth-order valence-corrected chi connectivity index (χ4v) is 2.23. The Morgan fingerprint density at radius 3 is 2.77 bits per heavy atom. The standard InChI is InChI=1S/C18H17N3O/c1-2-21-14-15(13-19-21)8-9-18(22)16-6-5-7-17(12-16)20-10-3-4-11-20/h3-14H,2H2,1H3/b9-8+. The zero-order valence-corrected chi connectivity index (χ0v) is 12.4. The summed E-state index contributed by atoms with van der Waals surface area (Å²) in [5, 5.41) is 4.18. The topological polar surface area (TPSA) is 39.8 Å². The van der Waals surface area contributed by atoms with Crippen molar-refractivity contribution in [2.75, 3.05) is 0 Å². The lowest BCUT2D eigenvalue weighted by molar-refractivity contribution is 0.104. The highest BCUT2D eigenvalue weighted by molar-refractivity contribution is 6.07. The molecule has 3 rings (SSSR count). The van der Waals surface area contributed by atoms with E-state index in [1.165, 1.54) is 0 Å². The van der Waals surface area contributed by atoms with Crippen LogP contribution < -0.4 is 0 Å². The summed E-state index contributed by atoms with van der Waals surface area (Å²) in [4.78, 5) is 12.3. The summed E-state index contributed by atoms with van der Waals surface area (Å²) in [7, 11) is 0. The van der Waals surface area contributed by atoms with Gasteiger partial charge >= 0.3 is 0 Å². The average molecular weight is 291 g/mol. The Bertz CT molecular complexity index is 797. The van der Waals surface area contributed by atoms with E-state index in [0.717, 1.165) is 17.8 Å². The molecule has 4 heteroatoms. The first kappa shape index (κ1) is 14.1. The van der Waals surface area contributed by atoms with Crippen LogP contribution in [0, 0.1) is 0 Å². The van der Waals surface area contributed by atoms with E-state index >= 15 is 0 Å². The molecule has 0 N–H and O–H groups in total. The molecule has 0 saturated carbocycles. The minimum atomic E-state index is -0.0155. The van der Waals surface area contributed by atoms with Crippen LogP contribution in [0.1, 0.15) is 22.8 Å². The second-order valence-corrected chi connectivity index (χ2v) is 4.97. The molecule has 0 spiro atoms. The number of hydrogen-bond acceptors (Lipinski definition) is 2. The Hall–Kier alpha value is -2.88. The molecular weight excluding hydrogens is 274 g/mol. The Morgan fingerprint density at radius 2 is 2.05 bits per heavy atom. The van der Waals surface area contributed by atoms with E-state index in [1.54, 1.807) is 18.3 Å². The highest BCUT2D eigenvalue weighted by Crippen LogP contribution is 2.12. The van der Waals surface area contributed by atoms with Crippen LogP contribution in [0.3, 0.4) is 0 Å². The maximum absolute atomic E-state index is 12.3. The minimum Gasteiger partial charge on any atom is -0.324 e. The third-order valence-electron chi connectivity index (χ3n) is 3.44. The van der Waals surface area contributed by atoms with Gasteiger partial charge in [0.25, 0.3) is 0 Å². The van der Waals surface area contributed by atoms with Gasteiger partial charge in [-0.05, 0) is 43.3 Å². The van der Waals surface area contributed by atoms with Crippen LogP contribution in [-0.4, -0.2) is 20.1 Å². The van der Waals surface area contributed by atoms with E-state index in [-0.39, 0.29) is 5.78 Å². The lowest BCUT2D eigenvalue weighted by Crippen LogP contribution is -1.97. The Morgan fingerprint density at radius 1 is 1.23 bits per heavy atom. The average Bonchev–Trinajstić information content (AvgIpc) is 3.24. The molecule has 0 amide bonds. The van der Waals surface area contributed by atoms with Crippen LogP contribution in [0.2, 0.25) is 0 Å². The summed E-state index contributed by atoms with van der Waals surface area (Å²) < 4.78 is 3.81. The fourth-order valence-electron chi connectivity index (χ4n) is 2.23. The first-order chi connectivity index (χ1) is 10.8. The number of aromatic nitrogens is 3. The smallest absolute Gasteiger partial charge is 0.185 e. The van der Waals surface area contributed by atoms with Gasteiger partial charge in [-0.1, -0.05) is 12.1 Å². The normalized spacial score (nSPS) is 11.1. The van der Waals surface area contributed by atoms with Gasteiger partial charge in [0.1, 0.15) is 0 Å². The third kappa shape index (κ3) is 3.06. The number of aryl methyl sites for hydroxylation is 1. The lowest BCUT2D eigenvalue weighted by Gasteiger charge is -2.04. The quantitative estimate of drug-likeness (QED) is 0.532. The van der Waals surface area contributed by atoms with Crippen molar-refractivity contribution in [3.8, 4) is 5.69 Å². The van der Waals surface area contributed by atoms with E-state index in [2.05, 4.69) is 5.10 Å². The molecule has 2 aromatic heterocycles. The zero-order chi connectivity index (χ0) is 15.4. The maximum Gasteiger partial charge on any atom is 0.185 e. The van der Waals surface area contributed by atoms with Crippen LogP contribution in [0.25, 0.3) is 11.8 Å². The molecule has 0 aliphatic heterocycles. The van der Waals surface area contributed by atoms with Crippen LogP contribution in [0.5, 0.6) is 0 Å². The number of ketones is 1. The van der Waals surface area contributed by atoms with E-state index in [0.29, 0.717) is 5.56 Å². The maximum atomic E-state index is 12.3. The molecule has 0 aliphatic carbocycles. The summed E-state index contributed by atoms with van der Waals surface area (Å²) in [6.45, 7) is 2.85. The van der Waals surface area contributed by atoms with Crippen LogP contribution in [0.4, 0.5) is 0 Å². The molecule has 1 aromatic carbocycles. The second-order valence-electron chi connectivity index (χ2n) is 4.97. The Kier molecular flexibility index (Phi) is 4.01. The number of hydrogen-bond donors (Lipinski definition) is 0. The van der Waals surface area contributed by atoms with E-state index < -0.39 is 0 Å². The predicted molar refractivity (Wildman–Crippen MR) is 87.0 cm³/mol. The molecule has 4 nitrogen and oxygen atoms in total. The van der Waals surface area contributed by atoms with Crippen LogP contribution in [0.15, 0.2) is 67.3 Å². The van der Waals surface area contributed by atoms with Crippen molar-refractivity contribution in [2.45, 2.75) is 13.5 Å². The van der Waals surface area contributed by atoms with Crippen molar-refractivity contribution in [3.63, 3.8) is 0 Å². The van der Waals surface area contributed by atoms with Crippen molar-refractivity contribution >= 4 is 11.9 Å². The Labute approximate surface area is 129 Å². The highest BCUT2D eigenvalue weighted by atomic mass is 16.1. The van der Waals surface area contributed by atoms with Crippen LogP contribution in [-0.2, 0) is 6.54 Å². The van der Waals surface area contributed by atoms with E-state index in [1.807, 2.05) is 71.2 Å². The second kappa shape index (κ2) is 6.26. The molecule has 0 unspecified atom stereocenters. The van der Waals surface area contributed by atoms with Crippen molar-refractivity contribution in [2.24, 2.45) is 0 Å². The van der Waals surface area contributed by atoms with E-state index in [9.17, 15) is 4.79 Å². The summed E-state index contributed by atoms with van der Waals surface area (Å²) in [5.74, 6) is -0.0155. The zero-order valence-electron chi connectivity index (χ0n) is 12.4. The summed E-state index contributed by atoms with van der Waals surface area (Å²) >= 11 is 0. The fraction of sp³-hybridized carbons (Fsp3) is 0.111. The molecule has 0 atom stereocenters. The van der Waals surface area contributed by atoms with Gasteiger partial charge in [0, 0.05) is 41.9 Å². The first-order valence-electron chi connectivity index (χ1n) is 7.24. The number of nitrogens with zero attached hydrogens (tertiary/aromatic N) is 3. The van der Waals surface area contributed by atoms with Gasteiger partial charge in [0.15, 0.2) is 5.78 Å². The van der Waals surface area contributed by atoms with Crippen molar-refractivity contribution in [3.05, 3.63) is 78.4 Å². The van der Waals surface area contributed by atoms with Gasteiger partial charge in [-0.15, -0.1) is 0 Å². The minimum absolute atomic E-state index is 0.0155. The predicted octanol–water partition coefficient (Wildman–Crippen LogP) is 3.59. The summed E-state index contributed by atoms with van der Waals surface area (Å²) in [6.07, 6.45) is 11.0. The van der Waals surface area contributed by atoms with Gasteiger partial charge in [0.2, 0.25) is 0 Å². The van der Waals surface area contributed by atoms with Gasteiger partial charge in [-0.2, -0.15) is 5.10 Å². The SMILES string of the molecule is CCn1cc(/C=C/C(=O)c2cccc(-n3cccc3)c2)cn1. The molecule has 0 radical (unpaired) electrons. The molecule has 110 valence electrons. The van der Waals surface area contributed by atoms with Gasteiger partial charge in [-0.3, -0.25) is 9.48 Å². The van der Waals surface area contributed by atoms with Crippen molar-refractivity contribution in [1.82, 2.24) is 14.3 Å². The van der Waals surface area contributed by atoms with Gasteiger partial charge < -0.3 is 4.57 Å². The third-order valence-corrected chi connectivity index (χ3v) is 3.44. The first-order valence-corrected chi connectivity index (χ1v) is 7.24. The number of rotatable bonds is 5. The van der Waals surface area contributed by atoms with Gasteiger partial charge in [-0.25, -0.2) is 0 Å². The molecule has 0 saturated heterocycles. The molecule has 22 heavy (non-hydrogen) atoms. The van der Waals surface area contributed by atoms with Gasteiger partial charge in [0.05, 0.1) is 6.20 Å². The molecule has 0 fully saturated rings. The molecule has 3 aromatic rings. The lowest BCUT2D eigenvalue weighted by atomic mass is 10.1.